The number of nitrogens with zero attached hydrogens (tertiary/aromatic N) is 2. The van der Waals surface area contributed by atoms with Gasteiger partial charge in [-0.1, -0.05) is 6.92 Å². The summed E-state index contributed by atoms with van der Waals surface area (Å²) < 4.78 is 5.40. The van der Waals surface area contributed by atoms with Gasteiger partial charge in [0, 0.05) is 25.5 Å². The highest BCUT2D eigenvalue weighted by Gasteiger charge is 2.20. The van der Waals surface area contributed by atoms with Gasteiger partial charge in [-0.2, -0.15) is 10.2 Å². The van der Waals surface area contributed by atoms with Crippen molar-refractivity contribution in [1.29, 1.82) is 0 Å². The maximum atomic E-state index is 5.40. The van der Waals surface area contributed by atoms with E-state index in [0.29, 0.717) is 6.04 Å². The van der Waals surface area contributed by atoms with Crippen LogP contribution in [0.3, 0.4) is 0 Å². The molecule has 1 unspecified atom stereocenters. The van der Waals surface area contributed by atoms with Crippen LogP contribution in [0.5, 0.6) is 0 Å². The average molecular weight is 235 g/mol. The predicted molar refractivity (Wildman–Crippen MR) is 66.6 cm³/mol. The van der Waals surface area contributed by atoms with Crippen molar-refractivity contribution in [3.05, 3.63) is 24.0 Å². The van der Waals surface area contributed by atoms with Crippen LogP contribution in [0.15, 0.2) is 18.5 Å². The van der Waals surface area contributed by atoms with Gasteiger partial charge in [-0.15, -0.1) is 0 Å². The third-order valence-electron chi connectivity index (χ3n) is 3.37. The first-order valence-corrected chi connectivity index (χ1v) is 6.48. The molecule has 0 radical (unpaired) electrons. The maximum absolute atomic E-state index is 5.40. The molecule has 0 aliphatic carbocycles. The van der Waals surface area contributed by atoms with Gasteiger partial charge in [-0.3, -0.25) is 0 Å². The summed E-state index contributed by atoms with van der Waals surface area (Å²) in [7, 11) is 0. The zero-order valence-corrected chi connectivity index (χ0v) is 10.4. The highest BCUT2D eigenvalue weighted by atomic mass is 16.5. The molecule has 1 aliphatic rings. The molecule has 1 atom stereocenters. The van der Waals surface area contributed by atoms with Gasteiger partial charge in [0.1, 0.15) is 0 Å². The molecule has 2 rings (SSSR count). The van der Waals surface area contributed by atoms with Gasteiger partial charge in [0.05, 0.1) is 6.20 Å². The molecule has 1 aromatic heterocycles. The summed E-state index contributed by atoms with van der Waals surface area (Å²) in [5.74, 6) is 0.765. The third-order valence-corrected chi connectivity index (χ3v) is 3.37. The van der Waals surface area contributed by atoms with Gasteiger partial charge in [0.15, 0.2) is 0 Å². The summed E-state index contributed by atoms with van der Waals surface area (Å²) in [6.45, 7) is 4.96. The van der Waals surface area contributed by atoms with Crippen LogP contribution in [0.4, 0.5) is 0 Å². The summed E-state index contributed by atoms with van der Waals surface area (Å²) in [5, 5.41) is 11.3. The molecule has 2 heterocycles. The molecule has 1 N–H and O–H groups in total. The van der Waals surface area contributed by atoms with Crippen molar-refractivity contribution >= 4 is 0 Å². The minimum absolute atomic E-state index is 0.401. The van der Waals surface area contributed by atoms with E-state index < -0.39 is 0 Å². The van der Waals surface area contributed by atoms with E-state index in [2.05, 4.69) is 28.5 Å². The molecule has 1 aromatic rings. The number of hydrogen-bond donors (Lipinski definition) is 1. The smallest absolute Gasteiger partial charge is 0.0544 e. The van der Waals surface area contributed by atoms with E-state index in [-0.39, 0.29) is 0 Å². The standard InChI is InChI=1S/C13H21N3O/c1-2-14-13(12-3-6-15-16-10-12)9-11-4-7-17-8-5-11/h3,6,10-11,13-14H,2,4-5,7-9H2,1H3. The number of ether oxygens (including phenoxy) is 1. The molecule has 0 aromatic carbocycles. The first kappa shape index (κ1) is 12.5. The zero-order valence-electron chi connectivity index (χ0n) is 10.4. The molecular weight excluding hydrogens is 214 g/mol. The normalized spacial score (nSPS) is 19.1. The lowest BCUT2D eigenvalue weighted by Gasteiger charge is -2.27. The second-order valence-electron chi connectivity index (χ2n) is 4.58. The molecule has 0 saturated carbocycles. The molecule has 0 amide bonds. The lowest BCUT2D eigenvalue weighted by Crippen LogP contribution is -2.26. The van der Waals surface area contributed by atoms with Crippen molar-refractivity contribution in [3.8, 4) is 0 Å². The summed E-state index contributed by atoms with van der Waals surface area (Å²) in [6.07, 6.45) is 7.17. The Labute approximate surface area is 103 Å². The van der Waals surface area contributed by atoms with Crippen LogP contribution in [0, 0.1) is 5.92 Å². The SMILES string of the molecule is CCNC(CC1CCOCC1)c1ccnnc1. The second-order valence-corrected chi connectivity index (χ2v) is 4.58. The summed E-state index contributed by atoms with van der Waals surface area (Å²) in [6, 6.07) is 2.46. The highest BCUT2D eigenvalue weighted by Crippen LogP contribution is 2.26. The first-order valence-electron chi connectivity index (χ1n) is 6.48. The van der Waals surface area contributed by atoms with Crippen molar-refractivity contribution in [1.82, 2.24) is 15.5 Å². The molecule has 1 aliphatic heterocycles. The minimum atomic E-state index is 0.401. The molecule has 4 heteroatoms. The van der Waals surface area contributed by atoms with Crippen molar-refractivity contribution in [2.75, 3.05) is 19.8 Å². The number of nitrogens with one attached hydrogen (secondary N) is 1. The summed E-state index contributed by atoms with van der Waals surface area (Å²) >= 11 is 0. The Morgan fingerprint density at radius 3 is 2.88 bits per heavy atom. The fourth-order valence-electron chi connectivity index (χ4n) is 2.41. The molecular formula is C13H21N3O. The summed E-state index contributed by atoms with van der Waals surface area (Å²) in [4.78, 5) is 0. The molecule has 1 saturated heterocycles. The lowest BCUT2D eigenvalue weighted by atomic mass is 9.90. The van der Waals surface area contributed by atoms with Crippen LogP contribution in [-0.4, -0.2) is 30.0 Å². The van der Waals surface area contributed by atoms with Crippen LogP contribution in [0.2, 0.25) is 0 Å². The number of aromatic nitrogens is 2. The van der Waals surface area contributed by atoms with Gasteiger partial charge >= 0.3 is 0 Å². The number of hydrogen-bond acceptors (Lipinski definition) is 4. The minimum Gasteiger partial charge on any atom is -0.381 e. The Morgan fingerprint density at radius 1 is 1.41 bits per heavy atom. The summed E-state index contributed by atoms with van der Waals surface area (Å²) in [5.41, 5.74) is 1.24. The lowest BCUT2D eigenvalue weighted by molar-refractivity contribution is 0.0605. The molecule has 17 heavy (non-hydrogen) atoms. The maximum Gasteiger partial charge on any atom is 0.0544 e. The molecule has 0 spiro atoms. The van der Waals surface area contributed by atoms with E-state index in [1.165, 1.54) is 24.8 Å². The van der Waals surface area contributed by atoms with Crippen LogP contribution < -0.4 is 5.32 Å². The van der Waals surface area contributed by atoms with E-state index in [4.69, 9.17) is 4.74 Å². The van der Waals surface area contributed by atoms with Crippen molar-refractivity contribution < 1.29 is 4.74 Å². The Bertz CT molecular complexity index is 312. The third kappa shape index (κ3) is 3.75. The molecule has 94 valence electrons. The van der Waals surface area contributed by atoms with E-state index in [9.17, 15) is 0 Å². The quantitative estimate of drug-likeness (QED) is 0.847. The zero-order chi connectivity index (χ0) is 11.9. The highest BCUT2D eigenvalue weighted by molar-refractivity contribution is 5.11. The Balaban J connectivity index is 1.96. The van der Waals surface area contributed by atoms with Crippen LogP contribution in [0.25, 0.3) is 0 Å². The Hall–Kier alpha value is -1.00. The largest absolute Gasteiger partial charge is 0.381 e. The Kier molecular flexibility index (Phi) is 4.88. The van der Waals surface area contributed by atoms with E-state index in [0.717, 1.165) is 25.7 Å². The topological polar surface area (TPSA) is 47.0 Å². The van der Waals surface area contributed by atoms with Crippen molar-refractivity contribution in [2.45, 2.75) is 32.2 Å². The monoisotopic (exact) mass is 235 g/mol. The van der Waals surface area contributed by atoms with Crippen LogP contribution in [-0.2, 0) is 4.74 Å². The Morgan fingerprint density at radius 2 is 2.24 bits per heavy atom. The molecule has 1 fully saturated rings. The molecule has 4 nitrogen and oxygen atoms in total. The van der Waals surface area contributed by atoms with E-state index in [1.54, 1.807) is 6.20 Å². The average Bonchev–Trinajstić information content (AvgIpc) is 2.40. The number of rotatable bonds is 5. The van der Waals surface area contributed by atoms with Gasteiger partial charge in [0.25, 0.3) is 0 Å². The fourth-order valence-corrected chi connectivity index (χ4v) is 2.41. The van der Waals surface area contributed by atoms with Gasteiger partial charge in [0.2, 0.25) is 0 Å². The second kappa shape index (κ2) is 6.67. The van der Waals surface area contributed by atoms with Gasteiger partial charge < -0.3 is 10.1 Å². The van der Waals surface area contributed by atoms with E-state index >= 15 is 0 Å². The fraction of sp³-hybridized carbons (Fsp3) is 0.692. The first-order chi connectivity index (χ1) is 8.40. The van der Waals surface area contributed by atoms with Gasteiger partial charge in [-0.25, -0.2) is 0 Å². The molecule has 0 bridgehead atoms. The van der Waals surface area contributed by atoms with E-state index in [1.807, 2.05) is 6.20 Å². The van der Waals surface area contributed by atoms with Crippen LogP contribution >= 0.6 is 0 Å². The predicted octanol–water partition coefficient (Wildman–Crippen LogP) is 1.94. The van der Waals surface area contributed by atoms with Crippen molar-refractivity contribution in [2.24, 2.45) is 5.92 Å². The van der Waals surface area contributed by atoms with Crippen LogP contribution in [0.1, 0.15) is 37.8 Å². The van der Waals surface area contributed by atoms with Gasteiger partial charge in [-0.05, 0) is 43.4 Å². The van der Waals surface area contributed by atoms with Crippen molar-refractivity contribution in [3.63, 3.8) is 0 Å².